The van der Waals surface area contributed by atoms with E-state index in [1.165, 1.54) is 0 Å². The van der Waals surface area contributed by atoms with Crippen molar-refractivity contribution in [1.82, 2.24) is 16.0 Å². The minimum atomic E-state index is -0.464. The fourth-order valence-electron chi connectivity index (χ4n) is 2.16. The van der Waals surface area contributed by atoms with Crippen molar-refractivity contribution in [1.29, 1.82) is 0 Å². The summed E-state index contributed by atoms with van der Waals surface area (Å²) >= 11 is 0. The molecule has 7 heteroatoms. The Balaban J connectivity index is 2.09. The highest BCUT2D eigenvalue weighted by atomic mass is 16.5. The van der Waals surface area contributed by atoms with Crippen LogP contribution in [0.1, 0.15) is 63.5 Å². The molecule has 2 N–H and O–H groups in total. The normalized spacial score (nSPS) is 10.8. The molecule has 118 valence electrons. The van der Waals surface area contributed by atoms with E-state index in [1.54, 1.807) is 26.8 Å². The number of hydrogen-bond acceptors (Lipinski definition) is 5. The number of carbonyl (C=O) groups excluding carboxylic acids is 2. The van der Waals surface area contributed by atoms with E-state index in [2.05, 4.69) is 16.0 Å². The van der Waals surface area contributed by atoms with Gasteiger partial charge in [-0.25, -0.2) is 0 Å². The highest BCUT2D eigenvalue weighted by Gasteiger charge is 2.23. The summed E-state index contributed by atoms with van der Waals surface area (Å²) in [6.07, 6.45) is 0. The van der Waals surface area contributed by atoms with Crippen LogP contribution in [0.4, 0.5) is 0 Å². The number of aromatic nitrogens is 1. The van der Waals surface area contributed by atoms with Crippen LogP contribution in [0.2, 0.25) is 0 Å². The molecular weight excluding hydrogens is 286 g/mol. The van der Waals surface area contributed by atoms with Crippen LogP contribution in [0.25, 0.3) is 0 Å². The maximum absolute atomic E-state index is 12.2. The molecule has 0 aliphatic rings. The van der Waals surface area contributed by atoms with Crippen LogP contribution in [0, 0.1) is 20.8 Å². The minimum absolute atomic E-state index is 0.0106. The van der Waals surface area contributed by atoms with Gasteiger partial charge in [-0.15, -0.1) is 0 Å². The predicted molar refractivity (Wildman–Crippen MR) is 78.4 cm³/mol. The van der Waals surface area contributed by atoms with E-state index in [-0.39, 0.29) is 5.92 Å². The first-order valence-corrected chi connectivity index (χ1v) is 6.95. The zero-order valence-electron chi connectivity index (χ0n) is 13.2. The van der Waals surface area contributed by atoms with Crippen molar-refractivity contribution >= 4 is 11.8 Å². The van der Waals surface area contributed by atoms with Crippen LogP contribution in [0.3, 0.4) is 0 Å². The van der Waals surface area contributed by atoms with Gasteiger partial charge in [-0.3, -0.25) is 20.4 Å². The molecule has 2 aromatic rings. The van der Waals surface area contributed by atoms with Gasteiger partial charge in [-0.05, 0) is 26.8 Å². The zero-order valence-corrected chi connectivity index (χ0v) is 13.2. The molecular formula is C15H19N3O4. The third-order valence-corrected chi connectivity index (χ3v) is 3.22. The maximum atomic E-state index is 12.2. The molecule has 2 aromatic heterocycles. The minimum Gasteiger partial charge on any atom is -0.466 e. The second-order valence-corrected chi connectivity index (χ2v) is 5.40. The van der Waals surface area contributed by atoms with Gasteiger partial charge in [0, 0.05) is 5.92 Å². The second-order valence-electron chi connectivity index (χ2n) is 5.40. The average molecular weight is 305 g/mol. The number of hydrazine groups is 1. The van der Waals surface area contributed by atoms with Crippen LogP contribution in [-0.4, -0.2) is 17.0 Å². The molecule has 2 amide bonds. The van der Waals surface area contributed by atoms with E-state index >= 15 is 0 Å². The Labute approximate surface area is 128 Å². The van der Waals surface area contributed by atoms with Crippen molar-refractivity contribution in [3.05, 3.63) is 40.2 Å². The molecule has 0 saturated heterocycles. The van der Waals surface area contributed by atoms with Gasteiger partial charge in [-0.1, -0.05) is 19.0 Å². The molecule has 0 saturated carbocycles. The molecule has 22 heavy (non-hydrogen) atoms. The maximum Gasteiger partial charge on any atom is 0.275 e. The van der Waals surface area contributed by atoms with Gasteiger partial charge in [0.25, 0.3) is 11.8 Å². The van der Waals surface area contributed by atoms with Crippen molar-refractivity contribution in [2.24, 2.45) is 0 Å². The van der Waals surface area contributed by atoms with Gasteiger partial charge in [-0.2, -0.15) is 0 Å². The van der Waals surface area contributed by atoms with E-state index in [9.17, 15) is 9.59 Å². The smallest absolute Gasteiger partial charge is 0.275 e. The molecule has 0 aliphatic heterocycles. The quantitative estimate of drug-likeness (QED) is 0.849. The van der Waals surface area contributed by atoms with E-state index in [4.69, 9.17) is 8.94 Å². The number of nitrogens with zero attached hydrogens (tertiary/aromatic N) is 1. The molecule has 0 atom stereocenters. The molecule has 7 nitrogen and oxygen atoms in total. The molecule has 0 unspecified atom stereocenters. The molecule has 0 radical (unpaired) electrons. The van der Waals surface area contributed by atoms with Crippen LogP contribution < -0.4 is 10.9 Å². The Bertz CT molecular complexity index is 712. The standard InChI is InChI=1S/C15H19N3O4/c1-7(2)13-12(9(4)18-22-13)15(20)17-16-14(19)11-6-8(3)21-10(11)5/h6-7H,1-5H3,(H,16,19)(H,17,20). The van der Waals surface area contributed by atoms with Crippen LogP contribution in [-0.2, 0) is 0 Å². The number of aryl methyl sites for hydroxylation is 3. The van der Waals surface area contributed by atoms with Gasteiger partial charge in [0.05, 0.1) is 11.3 Å². The highest BCUT2D eigenvalue weighted by Crippen LogP contribution is 2.21. The van der Waals surface area contributed by atoms with Crippen molar-refractivity contribution in [3.8, 4) is 0 Å². The monoisotopic (exact) mass is 305 g/mol. The molecule has 0 aliphatic carbocycles. The van der Waals surface area contributed by atoms with Crippen molar-refractivity contribution < 1.29 is 18.5 Å². The Morgan fingerprint density at radius 3 is 2.32 bits per heavy atom. The Kier molecular flexibility index (Phi) is 4.35. The first kappa shape index (κ1) is 15.8. The summed E-state index contributed by atoms with van der Waals surface area (Å²) in [4.78, 5) is 24.3. The summed E-state index contributed by atoms with van der Waals surface area (Å²) in [6.45, 7) is 8.90. The van der Waals surface area contributed by atoms with E-state index in [0.29, 0.717) is 34.1 Å². The van der Waals surface area contributed by atoms with Crippen LogP contribution in [0.5, 0.6) is 0 Å². The van der Waals surface area contributed by atoms with Crippen LogP contribution in [0.15, 0.2) is 15.0 Å². The number of rotatable bonds is 3. The summed E-state index contributed by atoms with van der Waals surface area (Å²) in [5.74, 6) is 0.715. The molecule has 0 fully saturated rings. The molecule has 0 aromatic carbocycles. The fraction of sp³-hybridized carbons (Fsp3) is 0.400. The fourth-order valence-corrected chi connectivity index (χ4v) is 2.16. The summed E-state index contributed by atoms with van der Waals surface area (Å²) in [5.41, 5.74) is 5.94. The lowest BCUT2D eigenvalue weighted by atomic mass is 10.0. The molecule has 2 rings (SSSR count). The van der Waals surface area contributed by atoms with Crippen molar-refractivity contribution in [2.45, 2.75) is 40.5 Å². The zero-order chi connectivity index (χ0) is 16.4. The lowest BCUT2D eigenvalue weighted by Crippen LogP contribution is -2.42. The lowest BCUT2D eigenvalue weighted by Gasteiger charge is -2.08. The topological polar surface area (TPSA) is 97.4 Å². The second kappa shape index (κ2) is 6.05. The van der Waals surface area contributed by atoms with Crippen molar-refractivity contribution in [3.63, 3.8) is 0 Å². The van der Waals surface area contributed by atoms with Gasteiger partial charge in [0.2, 0.25) is 0 Å². The SMILES string of the molecule is Cc1cc(C(=O)NNC(=O)c2c(C)noc2C(C)C)c(C)o1. The van der Waals surface area contributed by atoms with Crippen LogP contribution >= 0.6 is 0 Å². The first-order valence-electron chi connectivity index (χ1n) is 6.95. The summed E-state index contributed by atoms with van der Waals surface area (Å²) < 4.78 is 10.4. The number of amides is 2. The van der Waals surface area contributed by atoms with Gasteiger partial charge < -0.3 is 8.94 Å². The third-order valence-electron chi connectivity index (χ3n) is 3.22. The van der Waals surface area contributed by atoms with Gasteiger partial charge >= 0.3 is 0 Å². The Morgan fingerprint density at radius 1 is 1.14 bits per heavy atom. The Morgan fingerprint density at radius 2 is 1.77 bits per heavy atom. The number of furan rings is 1. The highest BCUT2D eigenvalue weighted by molar-refractivity contribution is 6.00. The van der Waals surface area contributed by atoms with Gasteiger partial charge in [0.1, 0.15) is 17.1 Å². The number of carbonyl (C=O) groups is 2. The first-order chi connectivity index (χ1) is 10.3. The molecule has 0 spiro atoms. The van der Waals surface area contributed by atoms with E-state index < -0.39 is 11.8 Å². The van der Waals surface area contributed by atoms with E-state index in [0.717, 1.165) is 0 Å². The lowest BCUT2D eigenvalue weighted by molar-refractivity contribution is 0.0844. The molecule has 0 bridgehead atoms. The average Bonchev–Trinajstić information content (AvgIpc) is 2.98. The predicted octanol–water partition coefficient (Wildman–Crippen LogP) is 2.39. The number of nitrogens with one attached hydrogen (secondary N) is 2. The largest absolute Gasteiger partial charge is 0.466 e. The summed E-state index contributed by atoms with van der Waals surface area (Å²) in [5, 5.41) is 3.80. The van der Waals surface area contributed by atoms with Gasteiger partial charge in [0.15, 0.2) is 5.76 Å². The van der Waals surface area contributed by atoms with E-state index in [1.807, 2.05) is 13.8 Å². The Hall–Kier alpha value is -2.57. The number of hydrogen-bond donors (Lipinski definition) is 2. The van der Waals surface area contributed by atoms with Crippen molar-refractivity contribution in [2.75, 3.05) is 0 Å². The molecule has 2 heterocycles. The third kappa shape index (κ3) is 3.03. The summed E-state index contributed by atoms with van der Waals surface area (Å²) in [7, 11) is 0. The summed E-state index contributed by atoms with van der Waals surface area (Å²) in [6, 6.07) is 1.61.